The molecule has 0 aliphatic heterocycles. The predicted octanol–water partition coefficient (Wildman–Crippen LogP) is 5.89. The fraction of sp³-hybridized carbons (Fsp3) is 0.462. The molecule has 0 saturated carbocycles. The molecule has 0 fully saturated rings. The standard InChI is InChI=1S/C26H34O4/c1-19(2)24-15-13-20(3)9-8-12-23(18-29-21(4)27)17-25(24)30-26(28)16-14-22-10-6-5-7-11-22/h5-7,9-11,14,16-17,19,24-25H,8,12-13,15,18H2,1-4H3. The molecule has 0 heterocycles. The Kier molecular flexibility index (Phi) is 9.59. The van der Waals surface area contributed by atoms with E-state index in [-0.39, 0.29) is 30.6 Å². The maximum Gasteiger partial charge on any atom is 0.331 e. The number of ether oxygens (including phenoxy) is 2. The molecule has 1 aliphatic carbocycles. The van der Waals surface area contributed by atoms with Gasteiger partial charge in [0.25, 0.3) is 0 Å². The Balaban J connectivity index is 2.24. The van der Waals surface area contributed by atoms with E-state index in [0.29, 0.717) is 5.92 Å². The van der Waals surface area contributed by atoms with Crippen LogP contribution < -0.4 is 0 Å². The molecule has 2 rings (SSSR count). The zero-order valence-corrected chi connectivity index (χ0v) is 18.6. The second kappa shape index (κ2) is 12.2. The molecule has 0 saturated heterocycles. The monoisotopic (exact) mass is 410 g/mol. The first-order valence-corrected chi connectivity index (χ1v) is 10.8. The van der Waals surface area contributed by atoms with Crippen molar-refractivity contribution in [1.82, 2.24) is 0 Å². The number of carbonyl (C=O) groups excluding carboxylic acids is 2. The second-order valence-electron chi connectivity index (χ2n) is 8.29. The highest BCUT2D eigenvalue weighted by atomic mass is 16.5. The Hall–Kier alpha value is -2.62. The van der Waals surface area contributed by atoms with Crippen molar-refractivity contribution >= 4 is 18.0 Å². The van der Waals surface area contributed by atoms with Gasteiger partial charge in [-0.25, -0.2) is 4.79 Å². The van der Waals surface area contributed by atoms with E-state index < -0.39 is 0 Å². The fourth-order valence-electron chi connectivity index (χ4n) is 3.65. The van der Waals surface area contributed by atoms with Crippen LogP contribution in [0.25, 0.3) is 6.08 Å². The Bertz CT molecular complexity index is 787. The summed E-state index contributed by atoms with van der Waals surface area (Å²) in [5, 5.41) is 0. The molecule has 0 spiro atoms. The number of carbonyl (C=O) groups is 2. The topological polar surface area (TPSA) is 52.6 Å². The number of rotatable bonds is 6. The van der Waals surface area contributed by atoms with Gasteiger partial charge in [-0.05, 0) is 61.8 Å². The maximum absolute atomic E-state index is 12.6. The van der Waals surface area contributed by atoms with Crippen molar-refractivity contribution < 1.29 is 19.1 Å². The quantitative estimate of drug-likeness (QED) is 0.333. The summed E-state index contributed by atoms with van der Waals surface area (Å²) in [5.41, 5.74) is 3.29. The van der Waals surface area contributed by atoms with E-state index in [1.807, 2.05) is 36.4 Å². The van der Waals surface area contributed by atoms with E-state index in [9.17, 15) is 9.59 Å². The number of esters is 2. The van der Waals surface area contributed by atoms with Crippen LogP contribution in [0.3, 0.4) is 0 Å². The summed E-state index contributed by atoms with van der Waals surface area (Å²) in [7, 11) is 0. The number of benzene rings is 1. The third kappa shape index (κ3) is 8.40. The van der Waals surface area contributed by atoms with Crippen molar-refractivity contribution in [1.29, 1.82) is 0 Å². The lowest BCUT2D eigenvalue weighted by Gasteiger charge is -2.29. The van der Waals surface area contributed by atoms with Crippen LogP contribution in [0.4, 0.5) is 0 Å². The minimum Gasteiger partial charge on any atom is -0.461 e. The van der Waals surface area contributed by atoms with E-state index in [0.717, 1.165) is 36.8 Å². The van der Waals surface area contributed by atoms with Crippen LogP contribution in [0.2, 0.25) is 0 Å². The SMILES string of the molecule is CC(=O)OCC1=CC(OC(=O)C=Cc2ccccc2)C(C(C)C)CCC(C)=CCC1. The minimum absolute atomic E-state index is 0.188. The summed E-state index contributed by atoms with van der Waals surface area (Å²) in [6.45, 7) is 8.12. The molecule has 4 nitrogen and oxygen atoms in total. The Morgan fingerprint density at radius 1 is 1.17 bits per heavy atom. The average Bonchev–Trinajstić information content (AvgIpc) is 2.70. The molecule has 0 N–H and O–H groups in total. The Morgan fingerprint density at radius 3 is 2.57 bits per heavy atom. The summed E-state index contributed by atoms with van der Waals surface area (Å²) >= 11 is 0. The van der Waals surface area contributed by atoms with E-state index >= 15 is 0 Å². The van der Waals surface area contributed by atoms with Crippen LogP contribution in [-0.2, 0) is 19.1 Å². The zero-order chi connectivity index (χ0) is 21.9. The summed E-state index contributed by atoms with van der Waals surface area (Å²) in [6, 6.07) is 9.68. The highest BCUT2D eigenvalue weighted by Crippen LogP contribution is 2.29. The molecule has 1 aromatic rings. The summed E-state index contributed by atoms with van der Waals surface area (Å²) in [5.74, 6) is -0.131. The molecule has 1 aromatic carbocycles. The van der Waals surface area contributed by atoms with Gasteiger partial charge in [-0.3, -0.25) is 4.79 Å². The van der Waals surface area contributed by atoms with Gasteiger partial charge in [-0.2, -0.15) is 0 Å². The molecule has 0 radical (unpaired) electrons. The number of hydrogen-bond donors (Lipinski definition) is 0. The van der Waals surface area contributed by atoms with Crippen molar-refractivity contribution in [3.8, 4) is 0 Å². The molecule has 0 bridgehead atoms. The zero-order valence-electron chi connectivity index (χ0n) is 18.6. The van der Waals surface area contributed by atoms with Gasteiger partial charge in [0, 0.05) is 18.9 Å². The van der Waals surface area contributed by atoms with Crippen LogP contribution in [-0.4, -0.2) is 24.6 Å². The van der Waals surface area contributed by atoms with Gasteiger partial charge in [0.2, 0.25) is 0 Å². The molecular formula is C26H34O4. The van der Waals surface area contributed by atoms with Crippen molar-refractivity contribution in [2.24, 2.45) is 11.8 Å². The molecule has 1 aliphatic rings. The maximum atomic E-state index is 12.6. The van der Waals surface area contributed by atoms with Crippen LogP contribution in [0.5, 0.6) is 0 Å². The van der Waals surface area contributed by atoms with Gasteiger partial charge in [0.15, 0.2) is 0 Å². The molecule has 2 unspecified atom stereocenters. The molecule has 162 valence electrons. The van der Waals surface area contributed by atoms with Gasteiger partial charge in [-0.15, -0.1) is 0 Å². The lowest BCUT2D eigenvalue weighted by molar-refractivity contribution is -0.144. The van der Waals surface area contributed by atoms with Crippen LogP contribution in [0.1, 0.15) is 58.9 Å². The fourth-order valence-corrected chi connectivity index (χ4v) is 3.65. The van der Waals surface area contributed by atoms with E-state index in [1.165, 1.54) is 18.6 Å². The first-order chi connectivity index (χ1) is 14.3. The van der Waals surface area contributed by atoms with E-state index in [2.05, 4.69) is 26.8 Å². The molecule has 0 amide bonds. The first-order valence-electron chi connectivity index (χ1n) is 10.8. The lowest BCUT2D eigenvalue weighted by Crippen LogP contribution is -2.29. The van der Waals surface area contributed by atoms with Crippen molar-refractivity contribution in [2.45, 2.75) is 59.5 Å². The van der Waals surface area contributed by atoms with Gasteiger partial charge < -0.3 is 9.47 Å². The van der Waals surface area contributed by atoms with Crippen molar-refractivity contribution in [3.63, 3.8) is 0 Å². The predicted molar refractivity (Wildman–Crippen MR) is 121 cm³/mol. The van der Waals surface area contributed by atoms with Gasteiger partial charge in [0.05, 0.1) is 0 Å². The molecule has 4 heteroatoms. The largest absolute Gasteiger partial charge is 0.461 e. The summed E-state index contributed by atoms with van der Waals surface area (Å²) in [4.78, 5) is 23.9. The lowest BCUT2D eigenvalue weighted by atomic mass is 9.83. The van der Waals surface area contributed by atoms with Gasteiger partial charge in [-0.1, -0.05) is 55.8 Å². The smallest absolute Gasteiger partial charge is 0.331 e. The highest BCUT2D eigenvalue weighted by Gasteiger charge is 2.27. The van der Waals surface area contributed by atoms with Crippen LogP contribution >= 0.6 is 0 Å². The Morgan fingerprint density at radius 2 is 1.90 bits per heavy atom. The van der Waals surface area contributed by atoms with E-state index in [4.69, 9.17) is 9.47 Å². The van der Waals surface area contributed by atoms with Crippen LogP contribution in [0, 0.1) is 11.8 Å². The normalized spacial score (nSPS) is 20.4. The number of hydrogen-bond acceptors (Lipinski definition) is 4. The molecule has 0 aromatic heterocycles. The second-order valence-corrected chi connectivity index (χ2v) is 8.29. The van der Waals surface area contributed by atoms with E-state index in [1.54, 1.807) is 6.08 Å². The van der Waals surface area contributed by atoms with Gasteiger partial charge in [0.1, 0.15) is 12.7 Å². The molecule has 2 atom stereocenters. The summed E-state index contributed by atoms with van der Waals surface area (Å²) in [6.07, 6.45) is 10.8. The third-order valence-corrected chi connectivity index (χ3v) is 5.43. The minimum atomic E-state index is -0.359. The summed E-state index contributed by atoms with van der Waals surface area (Å²) < 4.78 is 11.2. The molecule has 30 heavy (non-hydrogen) atoms. The van der Waals surface area contributed by atoms with Crippen molar-refractivity contribution in [3.05, 3.63) is 65.3 Å². The van der Waals surface area contributed by atoms with Crippen LogP contribution in [0.15, 0.2) is 59.7 Å². The molecular weight excluding hydrogens is 376 g/mol. The van der Waals surface area contributed by atoms with Gasteiger partial charge >= 0.3 is 11.9 Å². The number of allylic oxidation sites excluding steroid dienone is 2. The van der Waals surface area contributed by atoms with Crippen molar-refractivity contribution in [2.75, 3.05) is 6.61 Å². The Labute approximate surface area is 180 Å². The first kappa shape index (κ1) is 23.7. The average molecular weight is 411 g/mol. The third-order valence-electron chi connectivity index (χ3n) is 5.43. The highest BCUT2D eigenvalue weighted by molar-refractivity contribution is 5.87.